The Kier molecular flexibility index (Phi) is 5.05. The lowest BCUT2D eigenvalue weighted by Gasteiger charge is -2.54. The van der Waals surface area contributed by atoms with Crippen LogP contribution in [0.15, 0.2) is 30.5 Å². The van der Waals surface area contributed by atoms with Crippen LogP contribution in [-0.4, -0.2) is 21.7 Å². The maximum Gasteiger partial charge on any atom is 0.410 e. The summed E-state index contributed by atoms with van der Waals surface area (Å²) in [4.78, 5) is 13.4. The zero-order chi connectivity index (χ0) is 22.9. The molecule has 2 unspecified atom stereocenters. The first kappa shape index (κ1) is 21.5. The fourth-order valence-corrected chi connectivity index (χ4v) is 7.50. The molecule has 2 aromatic rings. The van der Waals surface area contributed by atoms with Gasteiger partial charge in [0.05, 0.1) is 17.8 Å². The molecule has 33 heavy (non-hydrogen) atoms. The lowest BCUT2D eigenvalue weighted by molar-refractivity contribution is -0.173. The van der Waals surface area contributed by atoms with Crippen LogP contribution in [-0.2, 0) is 0 Å². The number of hydrogen-bond donors (Lipinski definition) is 1. The van der Waals surface area contributed by atoms with Gasteiger partial charge in [0.15, 0.2) is 11.8 Å². The van der Waals surface area contributed by atoms with E-state index in [0.29, 0.717) is 34.8 Å². The molecular formula is C25H27ClF3N3O. The van der Waals surface area contributed by atoms with Gasteiger partial charge in [0.25, 0.3) is 0 Å². The first-order valence-corrected chi connectivity index (χ1v) is 12.3. The molecule has 4 aliphatic carbocycles. The largest absolute Gasteiger partial charge is 0.410 e. The molecular weight excluding hydrogens is 451 g/mol. The number of Topliss-reactive ketones (excluding diaryl/α,β-unsaturated/α-hetero) is 1. The van der Waals surface area contributed by atoms with Gasteiger partial charge in [-0.1, -0.05) is 23.7 Å². The Bertz CT molecular complexity index is 1040. The van der Waals surface area contributed by atoms with E-state index in [9.17, 15) is 18.0 Å². The molecule has 0 radical (unpaired) electrons. The van der Waals surface area contributed by atoms with E-state index in [2.05, 4.69) is 10.4 Å². The van der Waals surface area contributed by atoms with Crippen LogP contribution in [0.25, 0.3) is 0 Å². The lowest BCUT2D eigenvalue weighted by atomic mass is 9.51. The molecule has 4 saturated carbocycles. The quantitative estimate of drug-likeness (QED) is 0.490. The zero-order valence-corrected chi connectivity index (χ0v) is 18.9. The highest BCUT2D eigenvalue weighted by molar-refractivity contribution is 6.30. The molecule has 5 aliphatic rings. The fraction of sp³-hybridized carbons (Fsp3) is 0.600. The summed E-state index contributed by atoms with van der Waals surface area (Å²) in [5, 5.41) is 7.77. The van der Waals surface area contributed by atoms with Gasteiger partial charge in [-0.25, -0.2) is 4.68 Å². The average Bonchev–Trinajstić information content (AvgIpc) is 3.19. The number of halogens is 4. The summed E-state index contributed by atoms with van der Waals surface area (Å²) in [6, 6.07) is 4.45. The average molecular weight is 478 g/mol. The van der Waals surface area contributed by atoms with E-state index in [1.165, 1.54) is 38.3 Å². The summed E-state index contributed by atoms with van der Waals surface area (Å²) in [5.41, 5.74) is 0.997. The summed E-state index contributed by atoms with van der Waals surface area (Å²) in [6.07, 6.45) is 3.29. The lowest BCUT2D eigenvalue weighted by Crippen LogP contribution is -2.45. The molecule has 8 heteroatoms. The summed E-state index contributed by atoms with van der Waals surface area (Å²) in [7, 11) is 0. The number of nitrogens with one attached hydrogen (secondary N) is 1. The molecule has 1 aromatic carbocycles. The Morgan fingerprint density at radius 1 is 1.03 bits per heavy atom. The van der Waals surface area contributed by atoms with E-state index in [-0.39, 0.29) is 23.6 Å². The first-order chi connectivity index (χ1) is 15.8. The second-order valence-electron chi connectivity index (χ2n) is 10.6. The van der Waals surface area contributed by atoms with Crippen molar-refractivity contribution in [3.8, 4) is 0 Å². The monoisotopic (exact) mass is 477 g/mol. The third-order valence-corrected chi connectivity index (χ3v) is 8.91. The number of benzene rings is 1. The molecule has 0 spiro atoms. The van der Waals surface area contributed by atoms with Crippen molar-refractivity contribution in [1.82, 2.24) is 9.78 Å². The number of carbonyl (C=O) groups is 1. The Hall–Kier alpha value is -2.02. The predicted octanol–water partition coefficient (Wildman–Crippen LogP) is 6.84. The van der Waals surface area contributed by atoms with Crippen molar-refractivity contribution in [3.63, 3.8) is 0 Å². The molecule has 2 heterocycles. The van der Waals surface area contributed by atoms with Crippen molar-refractivity contribution in [1.29, 1.82) is 0 Å². The van der Waals surface area contributed by atoms with Crippen molar-refractivity contribution in [2.45, 2.75) is 63.2 Å². The zero-order valence-electron chi connectivity index (χ0n) is 18.2. The molecule has 0 amide bonds. The van der Waals surface area contributed by atoms with Crippen molar-refractivity contribution >= 4 is 23.2 Å². The minimum Gasteiger partial charge on any atom is -0.363 e. The summed E-state index contributed by atoms with van der Waals surface area (Å²) < 4.78 is 42.8. The third-order valence-electron chi connectivity index (χ3n) is 8.65. The molecule has 1 aromatic heterocycles. The standard InChI is InChI=1S/C25H27ClF3N3O/c26-18-3-1-15(2-4-18)21-11-23(25(27,28)29)32-24(31-21)20(12-30-32)22(33)10-19-16-6-13-5-14(8-16)9-17(19)7-13/h1-4,12-14,16-17,19,21,23,31H,5-11H2. The van der Waals surface area contributed by atoms with Gasteiger partial charge in [0.1, 0.15) is 5.82 Å². The van der Waals surface area contributed by atoms with Gasteiger partial charge in [-0.3, -0.25) is 4.79 Å². The topological polar surface area (TPSA) is 46.9 Å². The highest BCUT2D eigenvalue weighted by atomic mass is 35.5. The minimum absolute atomic E-state index is 0.0843. The normalized spacial score (nSPS) is 34.7. The van der Waals surface area contributed by atoms with E-state index < -0.39 is 18.3 Å². The van der Waals surface area contributed by atoms with Crippen LogP contribution < -0.4 is 5.32 Å². The van der Waals surface area contributed by atoms with E-state index in [4.69, 9.17) is 11.6 Å². The van der Waals surface area contributed by atoms with Crippen LogP contribution in [0.4, 0.5) is 19.0 Å². The molecule has 0 saturated heterocycles. The first-order valence-electron chi connectivity index (χ1n) is 12.0. The van der Waals surface area contributed by atoms with E-state index in [1.54, 1.807) is 24.3 Å². The minimum atomic E-state index is -4.46. The van der Waals surface area contributed by atoms with Crippen LogP contribution >= 0.6 is 11.6 Å². The fourth-order valence-electron chi connectivity index (χ4n) is 7.38. The molecule has 176 valence electrons. The molecule has 1 aliphatic heterocycles. The number of aromatic nitrogens is 2. The molecule has 4 nitrogen and oxygen atoms in total. The second-order valence-corrected chi connectivity index (χ2v) is 11.1. The van der Waals surface area contributed by atoms with Crippen molar-refractivity contribution in [2.24, 2.45) is 29.6 Å². The van der Waals surface area contributed by atoms with Crippen LogP contribution in [0.2, 0.25) is 5.02 Å². The predicted molar refractivity (Wildman–Crippen MR) is 119 cm³/mol. The Balaban J connectivity index is 1.29. The van der Waals surface area contributed by atoms with E-state index >= 15 is 0 Å². The Morgan fingerprint density at radius 2 is 1.67 bits per heavy atom. The number of ketones is 1. The van der Waals surface area contributed by atoms with E-state index in [0.717, 1.165) is 16.5 Å². The summed E-state index contributed by atoms with van der Waals surface area (Å²) >= 11 is 5.97. The SMILES string of the molecule is O=C(CC1C2CC3CC(C2)CC1C3)c1cnn2c1NC(c1ccc(Cl)cc1)CC2C(F)(F)F. The maximum atomic E-state index is 14.0. The highest BCUT2D eigenvalue weighted by Crippen LogP contribution is 2.57. The highest BCUT2D eigenvalue weighted by Gasteiger charge is 2.50. The van der Waals surface area contributed by atoms with Gasteiger partial charge in [0.2, 0.25) is 0 Å². The van der Waals surface area contributed by atoms with Gasteiger partial charge in [-0.15, -0.1) is 0 Å². The number of alkyl halides is 3. The maximum absolute atomic E-state index is 14.0. The van der Waals surface area contributed by atoms with Crippen LogP contribution in [0.1, 0.15) is 73.0 Å². The number of rotatable bonds is 4. The summed E-state index contributed by atoms with van der Waals surface area (Å²) in [6.45, 7) is 0. The number of hydrogen-bond acceptors (Lipinski definition) is 3. The number of fused-ring (bicyclic) bond motifs is 1. The van der Waals surface area contributed by atoms with Gasteiger partial charge in [-0.2, -0.15) is 18.3 Å². The Morgan fingerprint density at radius 3 is 2.27 bits per heavy atom. The van der Waals surface area contributed by atoms with Crippen LogP contribution in [0.3, 0.4) is 0 Å². The second kappa shape index (κ2) is 7.76. The smallest absolute Gasteiger partial charge is 0.363 e. The third kappa shape index (κ3) is 3.76. The molecule has 4 fully saturated rings. The number of anilines is 1. The van der Waals surface area contributed by atoms with Crippen LogP contribution in [0.5, 0.6) is 0 Å². The van der Waals surface area contributed by atoms with Gasteiger partial charge in [-0.05, 0) is 79.4 Å². The van der Waals surface area contributed by atoms with Gasteiger partial charge in [0, 0.05) is 17.9 Å². The molecule has 4 bridgehead atoms. The van der Waals surface area contributed by atoms with Crippen LogP contribution in [0, 0.1) is 29.6 Å². The van der Waals surface area contributed by atoms with E-state index in [1.807, 2.05) is 0 Å². The Labute approximate surface area is 195 Å². The molecule has 7 rings (SSSR count). The number of nitrogens with zero attached hydrogens (tertiary/aromatic N) is 2. The summed E-state index contributed by atoms with van der Waals surface area (Å²) in [5.74, 6) is 3.28. The number of carbonyl (C=O) groups excluding carboxylic acids is 1. The molecule has 1 N–H and O–H groups in total. The van der Waals surface area contributed by atoms with Crippen molar-refractivity contribution < 1.29 is 18.0 Å². The molecule has 2 atom stereocenters. The van der Waals surface area contributed by atoms with Gasteiger partial charge >= 0.3 is 6.18 Å². The van der Waals surface area contributed by atoms with Crippen molar-refractivity contribution in [3.05, 3.63) is 46.6 Å². The van der Waals surface area contributed by atoms with Gasteiger partial charge < -0.3 is 5.32 Å². The van der Waals surface area contributed by atoms with Crippen molar-refractivity contribution in [2.75, 3.05) is 5.32 Å².